The predicted molar refractivity (Wildman–Crippen MR) is 36.7 cm³/mol. The number of hydrogen-bond acceptors (Lipinski definition) is 1. The largest absolute Gasteiger partial charge is 0.421 e. The van der Waals surface area contributed by atoms with Gasteiger partial charge in [0.15, 0.2) is 0 Å². The fourth-order valence-electron chi connectivity index (χ4n) is 0.528. The van der Waals surface area contributed by atoms with E-state index in [1.54, 1.807) is 0 Å². The highest BCUT2D eigenvalue weighted by Gasteiger charge is 2.40. The Hall–Kier alpha value is -0.320. The maximum absolute atomic E-state index is 12.1. The second-order valence-corrected chi connectivity index (χ2v) is 2.44. The molecule has 1 atom stereocenters. The number of rotatable bonds is 5. The normalized spacial score (nSPS) is 14.8. The van der Waals surface area contributed by atoms with Crippen LogP contribution in [0.25, 0.3) is 0 Å². The molecule has 0 fully saturated rings. The van der Waals surface area contributed by atoms with Crippen LogP contribution in [0.1, 0.15) is 19.8 Å². The van der Waals surface area contributed by atoms with Crippen LogP contribution in [0, 0.1) is 0 Å². The smallest absolute Gasteiger partial charge is 0.378 e. The topological polar surface area (TPSA) is 9.23 Å². The van der Waals surface area contributed by atoms with Crippen molar-refractivity contribution in [3.8, 4) is 0 Å². The molecule has 5 heteroatoms. The van der Waals surface area contributed by atoms with Gasteiger partial charge in [-0.15, -0.1) is 0 Å². The highest BCUT2D eigenvalue weighted by atomic mass is 19.4. The van der Waals surface area contributed by atoms with E-state index in [-0.39, 0.29) is 6.61 Å². The lowest BCUT2D eigenvalue weighted by Gasteiger charge is -2.11. The van der Waals surface area contributed by atoms with Gasteiger partial charge in [-0.05, 0) is 6.42 Å². The summed E-state index contributed by atoms with van der Waals surface area (Å²) >= 11 is 0. The standard InChI is InChI=1S/C7H12F4O/c1-2-3-4-12-5-6(8)7(9,10)11/h6H,2-5H2,1H3. The molecule has 0 aromatic carbocycles. The van der Waals surface area contributed by atoms with Crippen LogP contribution in [-0.4, -0.2) is 25.6 Å². The van der Waals surface area contributed by atoms with E-state index in [0.717, 1.165) is 6.42 Å². The van der Waals surface area contributed by atoms with E-state index in [0.29, 0.717) is 6.42 Å². The summed E-state index contributed by atoms with van der Waals surface area (Å²) in [5.41, 5.74) is 0. The third kappa shape index (κ3) is 5.35. The first kappa shape index (κ1) is 11.7. The van der Waals surface area contributed by atoms with Crippen LogP contribution in [0.2, 0.25) is 0 Å². The van der Waals surface area contributed by atoms with E-state index >= 15 is 0 Å². The Morgan fingerprint density at radius 1 is 1.33 bits per heavy atom. The summed E-state index contributed by atoms with van der Waals surface area (Å²) in [4.78, 5) is 0. The summed E-state index contributed by atoms with van der Waals surface area (Å²) in [5, 5.41) is 0. The molecule has 0 rings (SSSR count). The summed E-state index contributed by atoms with van der Waals surface area (Å²) < 4.78 is 51.1. The minimum absolute atomic E-state index is 0.188. The molecule has 0 heterocycles. The Morgan fingerprint density at radius 2 is 1.92 bits per heavy atom. The third-order valence-corrected chi connectivity index (χ3v) is 1.26. The monoisotopic (exact) mass is 188 g/mol. The van der Waals surface area contributed by atoms with Gasteiger partial charge < -0.3 is 4.74 Å². The summed E-state index contributed by atoms with van der Waals surface area (Å²) in [7, 11) is 0. The van der Waals surface area contributed by atoms with Gasteiger partial charge >= 0.3 is 6.18 Å². The molecule has 1 nitrogen and oxygen atoms in total. The van der Waals surface area contributed by atoms with Crippen LogP contribution in [0.3, 0.4) is 0 Å². The molecule has 12 heavy (non-hydrogen) atoms. The number of ether oxygens (including phenoxy) is 1. The van der Waals surface area contributed by atoms with Crippen LogP contribution in [0.5, 0.6) is 0 Å². The molecule has 0 spiro atoms. The molecule has 1 unspecified atom stereocenters. The van der Waals surface area contributed by atoms with E-state index < -0.39 is 19.0 Å². The SMILES string of the molecule is CCCCOCC(F)C(F)(F)F. The second-order valence-electron chi connectivity index (χ2n) is 2.44. The van der Waals surface area contributed by atoms with Gasteiger partial charge in [0.25, 0.3) is 0 Å². The van der Waals surface area contributed by atoms with E-state index in [9.17, 15) is 17.6 Å². The number of halogens is 4. The van der Waals surface area contributed by atoms with Crippen LogP contribution >= 0.6 is 0 Å². The Morgan fingerprint density at radius 3 is 2.33 bits per heavy atom. The fourth-order valence-corrected chi connectivity index (χ4v) is 0.528. The van der Waals surface area contributed by atoms with Crippen LogP contribution in [0.15, 0.2) is 0 Å². The van der Waals surface area contributed by atoms with Gasteiger partial charge in [-0.3, -0.25) is 0 Å². The first-order valence-electron chi connectivity index (χ1n) is 3.77. The molecular formula is C7H12F4O. The van der Waals surface area contributed by atoms with Crippen molar-refractivity contribution < 1.29 is 22.3 Å². The van der Waals surface area contributed by atoms with Gasteiger partial charge in [0, 0.05) is 6.61 Å². The quantitative estimate of drug-likeness (QED) is 0.476. The Kier molecular flexibility index (Phi) is 5.20. The molecule has 0 saturated heterocycles. The number of unbranched alkanes of at least 4 members (excludes halogenated alkanes) is 1. The molecule has 0 aliphatic carbocycles. The lowest BCUT2D eigenvalue weighted by Crippen LogP contribution is -2.29. The van der Waals surface area contributed by atoms with Crippen LogP contribution in [0.4, 0.5) is 17.6 Å². The van der Waals surface area contributed by atoms with Crippen molar-refractivity contribution in [3.05, 3.63) is 0 Å². The summed E-state index contributed by atoms with van der Waals surface area (Å²) in [6.45, 7) is 1.18. The van der Waals surface area contributed by atoms with Gasteiger partial charge in [0.2, 0.25) is 6.17 Å². The average molecular weight is 188 g/mol. The molecular weight excluding hydrogens is 176 g/mol. The lowest BCUT2D eigenvalue weighted by atomic mass is 10.3. The zero-order valence-corrected chi connectivity index (χ0v) is 6.83. The van der Waals surface area contributed by atoms with Gasteiger partial charge in [0.1, 0.15) is 0 Å². The molecule has 0 N–H and O–H groups in total. The molecule has 0 aliphatic rings. The van der Waals surface area contributed by atoms with Gasteiger partial charge in [0.05, 0.1) is 6.61 Å². The minimum atomic E-state index is -4.79. The number of alkyl halides is 4. The van der Waals surface area contributed by atoms with E-state index in [1.807, 2.05) is 6.92 Å². The zero-order chi connectivity index (χ0) is 9.61. The molecule has 0 aromatic heterocycles. The van der Waals surface area contributed by atoms with Crippen molar-refractivity contribution in [1.29, 1.82) is 0 Å². The summed E-state index contributed by atoms with van der Waals surface area (Å²) in [6.07, 6.45) is -6.16. The molecule has 0 bridgehead atoms. The van der Waals surface area contributed by atoms with Gasteiger partial charge in [-0.1, -0.05) is 13.3 Å². The molecule has 0 radical (unpaired) electrons. The van der Waals surface area contributed by atoms with Crippen molar-refractivity contribution in [2.24, 2.45) is 0 Å². The van der Waals surface area contributed by atoms with Gasteiger partial charge in [-0.2, -0.15) is 13.2 Å². The second kappa shape index (κ2) is 5.35. The van der Waals surface area contributed by atoms with Crippen molar-refractivity contribution in [1.82, 2.24) is 0 Å². The minimum Gasteiger partial charge on any atom is -0.378 e. The van der Waals surface area contributed by atoms with E-state index in [4.69, 9.17) is 0 Å². The third-order valence-electron chi connectivity index (χ3n) is 1.26. The first-order valence-corrected chi connectivity index (χ1v) is 3.77. The highest BCUT2D eigenvalue weighted by Crippen LogP contribution is 2.22. The molecule has 0 aliphatic heterocycles. The first-order chi connectivity index (χ1) is 5.48. The summed E-state index contributed by atoms with van der Waals surface area (Å²) in [5.74, 6) is 0. The van der Waals surface area contributed by atoms with Crippen molar-refractivity contribution in [2.75, 3.05) is 13.2 Å². The molecule has 0 amide bonds. The Bertz CT molecular complexity index is 112. The van der Waals surface area contributed by atoms with Crippen molar-refractivity contribution >= 4 is 0 Å². The molecule has 74 valence electrons. The maximum Gasteiger partial charge on any atom is 0.421 e. The fraction of sp³-hybridized carbons (Fsp3) is 1.00. The molecule has 0 aromatic rings. The highest BCUT2D eigenvalue weighted by molar-refractivity contribution is 4.63. The predicted octanol–water partition coefficient (Wildman–Crippen LogP) is 2.70. The maximum atomic E-state index is 12.1. The Labute approximate surface area is 68.7 Å². The summed E-state index contributed by atoms with van der Waals surface area (Å²) in [6, 6.07) is 0. The van der Waals surface area contributed by atoms with Crippen LogP contribution < -0.4 is 0 Å². The Balaban J connectivity index is 3.38. The lowest BCUT2D eigenvalue weighted by molar-refractivity contribution is -0.193. The van der Waals surface area contributed by atoms with E-state index in [1.165, 1.54) is 0 Å². The zero-order valence-electron chi connectivity index (χ0n) is 6.83. The van der Waals surface area contributed by atoms with E-state index in [2.05, 4.69) is 4.74 Å². The van der Waals surface area contributed by atoms with Crippen molar-refractivity contribution in [2.45, 2.75) is 32.1 Å². The van der Waals surface area contributed by atoms with Crippen molar-refractivity contribution in [3.63, 3.8) is 0 Å². The van der Waals surface area contributed by atoms with Crippen LogP contribution in [-0.2, 0) is 4.74 Å². The van der Waals surface area contributed by atoms with Gasteiger partial charge in [-0.25, -0.2) is 4.39 Å². The number of hydrogen-bond donors (Lipinski definition) is 0. The average Bonchev–Trinajstić information content (AvgIpc) is 1.96. The molecule has 0 saturated carbocycles.